The summed E-state index contributed by atoms with van der Waals surface area (Å²) in [6.07, 6.45) is 0.594. The topological polar surface area (TPSA) is 26.3 Å². The summed E-state index contributed by atoms with van der Waals surface area (Å²) in [4.78, 5) is 10.9. The van der Waals surface area contributed by atoms with Gasteiger partial charge in [0.15, 0.2) is 17.9 Å². The lowest BCUT2D eigenvalue weighted by Gasteiger charge is -2.13. The van der Waals surface area contributed by atoms with E-state index in [1.54, 1.807) is 0 Å². The lowest BCUT2D eigenvalue weighted by atomic mass is 10.1. The van der Waals surface area contributed by atoms with Crippen molar-refractivity contribution in [3.05, 3.63) is 58.4 Å². The van der Waals surface area contributed by atoms with E-state index in [1.165, 1.54) is 18.2 Å². The first kappa shape index (κ1) is 13.3. The molecule has 0 radical (unpaired) electrons. The minimum absolute atomic E-state index is 0.0226. The molecule has 0 aliphatic heterocycles. The zero-order chi connectivity index (χ0) is 14.0. The zero-order valence-electron chi connectivity index (χ0n) is 11.2. The van der Waals surface area contributed by atoms with Crippen molar-refractivity contribution < 1.29 is 13.9 Å². The number of benzene rings is 2. The summed E-state index contributed by atoms with van der Waals surface area (Å²) in [6, 6.07) is 8.16. The van der Waals surface area contributed by atoms with Gasteiger partial charge < -0.3 is 4.74 Å². The Bertz CT molecular complexity index is 633. The van der Waals surface area contributed by atoms with Crippen LogP contribution in [0.1, 0.15) is 27.0 Å². The van der Waals surface area contributed by atoms with Crippen molar-refractivity contribution >= 4 is 6.29 Å². The Kier molecular flexibility index (Phi) is 3.65. The standard InChI is InChI=1S/C16H15FO2/c1-10-7-11(2)12(3)15(8-10)19-16-13(9-18)5-4-6-14(16)17/h4-9H,1-3H3. The maximum atomic E-state index is 13.8. The molecule has 0 amide bonds. The van der Waals surface area contributed by atoms with E-state index >= 15 is 0 Å². The van der Waals surface area contributed by atoms with Gasteiger partial charge in [0.1, 0.15) is 5.75 Å². The highest BCUT2D eigenvalue weighted by atomic mass is 19.1. The molecule has 0 aliphatic rings. The second kappa shape index (κ2) is 5.22. The predicted molar refractivity (Wildman–Crippen MR) is 72.5 cm³/mol. The molecule has 0 spiro atoms. The average Bonchev–Trinajstić information content (AvgIpc) is 2.37. The zero-order valence-corrected chi connectivity index (χ0v) is 11.2. The molecule has 0 heterocycles. The number of carbonyl (C=O) groups excluding carboxylic acids is 1. The fourth-order valence-electron chi connectivity index (χ4n) is 1.94. The summed E-state index contributed by atoms with van der Waals surface area (Å²) in [5, 5.41) is 0. The van der Waals surface area contributed by atoms with Crippen molar-refractivity contribution in [3.8, 4) is 11.5 Å². The van der Waals surface area contributed by atoms with Crippen LogP contribution >= 0.6 is 0 Å². The monoisotopic (exact) mass is 258 g/mol. The largest absolute Gasteiger partial charge is 0.453 e. The van der Waals surface area contributed by atoms with Gasteiger partial charge in [0.05, 0.1) is 5.56 Å². The second-order valence-electron chi connectivity index (χ2n) is 4.58. The summed E-state index contributed by atoms with van der Waals surface area (Å²) in [5.41, 5.74) is 3.24. The first-order valence-corrected chi connectivity index (χ1v) is 6.02. The summed E-state index contributed by atoms with van der Waals surface area (Å²) in [6.45, 7) is 5.82. The number of para-hydroxylation sites is 1. The van der Waals surface area contributed by atoms with Crippen molar-refractivity contribution in [2.75, 3.05) is 0 Å². The van der Waals surface area contributed by atoms with Gasteiger partial charge in [0, 0.05) is 0 Å². The van der Waals surface area contributed by atoms with Crippen LogP contribution in [-0.2, 0) is 0 Å². The van der Waals surface area contributed by atoms with Gasteiger partial charge in [-0.25, -0.2) is 4.39 Å². The molecule has 2 nitrogen and oxygen atoms in total. The van der Waals surface area contributed by atoms with Gasteiger partial charge in [-0.1, -0.05) is 12.1 Å². The molecule has 3 heteroatoms. The normalized spacial score (nSPS) is 10.3. The molecule has 0 unspecified atom stereocenters. The van der Waals surface area contributed by atoms with E-state index in [1.807, 2.05) is 32.9 Å². The highest BCUT2D eigenvalue weighted by Gasteiger charge is 2.12. The Morgan fingerprint density at radius 3 is 2.58 bits per heavy atom. The lowest BCUT2D eigenvalue weighted by molar-refractivity contribution is 0.112. The van der Waals surface area contributed by atoms with Crippen LogP contribution in [0.3, 0.4) is 0 Å². The summed E-state index contributed by atoms with van der Waals surface area (Å²) < 4.78 is 19.4. The second-order valence-corrected chi connectivity index (χ2v) is 4.58. The summed E-state index contributed by atoms with van der Waals surface area (Å²) in [5.74, 6) is 0.0134. The Hall–Kier alpha value is -2.16. The van der Waals surface area contributed by atoms with Crippen LogP contribution in [0.25, 0.3) is 0 Å². The number of aryl methyl sites for hydroxylation is 2. The molecule has 0 saturated carbocycles. The average molecular weight is 258 g/mol. The van der Waals surface area contributed by atoms with Gasteiger partial charge >= 0.3 is 0 Å². The quantitative estimate of drug-likeness (QED) is 0.765. The van der Waals surface area contributed by atoms with Gasteiger partial charge in [0.2, 0.25) is 0 Å². The molecule has 0 saturated heterocycles. The molecular weight excluding hydrogens is 243 g/mol. The molecule has 98 valence electrons. The van der Waals surface area contributed by atoms with Crippen LogP contribution in [-0.4, -0.2) is 6.29 Å². The molecule has 19 heavy (non-hydrogen) atoms. The predicted octanol–water partition coefficient (Wildman–Crippen LogP) is 4.36. The number of halogens is 1. The fourth-order valence-corrected chi connectivity index (χ4v) is 1.94. The first-order valence-electron chi connectivity index (χ1n) is 6.02. The van der Waals surface area contributed by atoms with Gasteiger partial charge in [-0.05, 0) is 55.7 Å². The van der Waals surface area contributed by atoms with Crippen LogP contribution < -0.4 is 4.74 Å². The summed E-state index contributed by atoms with van der Waals surface area (Å²) >= 11 is 0. The fraction of sp³-hybridized carbons (Fsp3) is 0.188. The van der Waals surface area contributed by atoms with Crippen LogP contribution in [0.2, 0.25) is 0 Å². The molecule has 0 bridgehead atoms. The highest BCUT2D eigenvalue weighted by molar-refractivity contribution is 5.79. The number of aldehydes is 1. The van der Waals surface area contributed by atoms with E-state index in [9.17, 15) is 9.18 Å². The Morgan fingerprint density at radius 1 is 1.16 bits per heavy atom. The number of rotatable bonds is 3. The van der Waals surface area contributed by atoms with Crippen LogP contribution in [0.15, 0.2) is 30.3 Å². The molecule has 2 rings (SSSR count). The summed E-state index contributed by atoms with van der Waals surface area (Å²) in [7, 11) is 0. The molecule has 0 aliphatic carbocycles. The third kappa shape index (κ3) is 2.65. The highest BCUT2D eigenvalue weighted by Crippen LogP contribution is 2.31. The number of hydrogen-bond donors (Lipinski definition) is 0. The van der Waals surface area contributed by atoms with E-state index < -0.39 is 5.82 Å². The maximum Gasteiger partial charge on any atom is 0.173 e. The molecule has 0 atom stereocenters. The van der Waals surface area contributed by atoms with Gasteiger partial charge in [-0.15, -0.1) is 0 Å². The SMILES string of the molecule is Cc1cc(C)c(C)c(Oc2c(F)cccc2C=O)c1. The first-order chi connectivity index (χ1) is 9.02. The minimum atomic E-state index is -0.539. The maximum absolute atomic E-state index is 13.8. The molecule has 0 N–H and O–H groups in total. The van der Waals surface area contributed by atoms with E-state index in [0.717, 1.165) is 16.7 Å². The third-order valence-electron chi connectivity index (χ3n) is 3.10. The van der Waals surface area contributed by atoms with Crippen LogP contribution in [0.5, 0.6) is 11.5 Å². The molecule has 0 fully saturated rings. The molecular formula is C16H15FO2. The Balaban J connectivity index is 2.50. The van der Waals surface area contributed by atoms with Crippen molar-refractivity contribution in [3.63, 3.8) is 0 Å². The van der Waals surface area contributed by atoms with Gasteiger partial charge in [0.25, 0.3) is 0 Å². The Morgan fingerprint density at radius 2 is 1.89 bits per heavy atom. The molecule has 2 aromatic carbocycles. The number of ether oxygens (including phenoxy) is 1. The van der Waals surface area contributed by atoms with Gasteiger partial charge in [-0.2, -0.15) is 0 Å². The van der Waals surface area contributed by atoms with Crippen molar-refractivity contribution in [1.29, 1.82) is 0 Å². The van der Waals surface area contributed by atoms with Crippen molar-refractivity contribution in [1.82, 2.24) is 0 Å². The van der Waals surface area contributed by atoms with E-state index in [4.69, 9.17) is 4.74 Å². The third-order valence-corrected chi connectivity index (χ3v) is 3.10. The number of carbonyl (C=O) groups is 1. The minimum Gasteiger partial charge on any atom is -0.453 e. The van der Waals surface area contributed by atoms with E-state index in [2.05, 4.69) is 0 Å². The van der Waals surface area contributed by atoms with Gasteiger partial charge in [-0.3, -0.25) is 4.79 Å². The Labute approximate surface area is 111 Å². The number of hydrogen-bond acceptors (Lipinski definition) is 2. The lowest BCUT2D eigenvalue weighted by Crippen LogP contribution is -1.97. The van der Waals surface area contributed by atoms with E-state index in [0.29, 0.717) is 12.0 Å². The molecule has 0 aromatic heterocycles. The van der Waals surface area contributed by atoms with Crippen LogP contribution in [0.4, 0.5) is 4.39 Å². The molecule has 2 aromatic rings. The van der Waals surface area contributed by atoms with Crippen LogP contribution in [0, 0.1) is 26.6 Å². The smallest absolute Gasteiger partial charge is 0.173 e. The van der Waals surface area contributed by atoms with Crippen molar-refractivity contribution in [2.45, 2.75) is 20.8 Å². The van der Waals surface area contributed by atoms with Crippen molar-refractivity contribution in [2.24, 2.45) is 0 Å². The van der Waals surface area contributed by atoms with E-state index in [-0.39, 0.29) is 11.3 Å².